The minimum atomic E-state index is 0.539. The molecule has 0 saturated heterocycles. The van der Waals surface area contributed by atoms with Gasteiger partial charge in [-0.2, -0.15) is 11.8 Å². The third kappa shape index (κ3) is 3.31. The zero-order valence-electron chi connectivity index (χ0n) is 8.86. The Bertz CT molecular complexity index is 276. The van der Waals surface area contributed by atoms with E-state index in [1.54, 1.807) is 6.20 Å². The van der Waals surface area contributed by atoms with E-state index in [0.29, 0.717) is 11.8 Å². The third-order valence-electron chi connectivity index (χ3n) is 2.28. The van der Waals surface area contributed by atoms with Crippen LogP contribution in [0.15, 0.2) is 18.3 Å². The highest BCUT2D eigenvalue weighted by atomic mass is 32.2. The van der Waals surface area contributed by atoms with Crippen molar-refractivity contribution in [3.8, 4) is 0 Å². The van der Waals surface area contributed by atoms with E-state index in [-0.39, 0.29) is 0 Å². The molecule has 1 rings (SSSR count). The quantitative estimate of drug-likeness (QED) is 0.812. The highest BCUT2D eigenvalue weighted by molar-refractivity contribution is 7.99. The summed E-state index contributed by atoms with van der Waals surface area (Å²) in [4.78, 5) is 4.26. The largest absolute Gasteiger partial charge is 0.325 e. The van der Waals surface area contributed by atoms with Gasteiger partial charge in [-0.1, -0.05) is 19.9 Å². The van der Waals surface area contributed by atoms with Gasteiger partial charge in [0, 0.05) is 23.7 Å². The van der Waals surface area contributed by atoms with Crippen molar-refractivity contribution in [1.29, 1.82) is 0 Å². The lowest BCUT2D eigenvalue weighted by Crippen LogP contribution is -2.04. The highest BCUT2D eigenvalue weighted by Crippen LogP contribution is 2.20. The van der Waals surface area contributed by atoms with Crippen LogP contribution >= 0.6 is 11.8 Å². The molecule has 1 aromatic rings. The number of hydrogen-bond acceptors (Lipinski definition) is 3. The first-order valence-electron chi connectivity index (χ1n) is 5.02. The van der Waals surface area contributed by atoms with Gasteiger partial charge < -0.3 is 5.73 Å². The maximum absolute atomic E-state index is 5.62. The van der Waals surface area contributed by atoms with Crippen molar-refractivity contribution >= 4 is 11.8 Å². The van der Waals surface area contributed by atoms with E-state index in [9.17, 15) is 0 Å². The van der Waals surface area contributed by atoms with Crippen LogP contribution in [0.3, 0.4) is 0 Å². The fourth-order valence-electron chi connectivity index (χ4n) is 1.14. The number of rotatable bonds is 5. The van der Waals surface area contributed by atoms with Crippen LogP contribution in [-0.2, 0) is 12.3 Å². The van der Waals surface area contributed by atoms with E-state index >= 15 is 0 Å². The van der Waals surface area contributed by atoms with Crippen LogP contribution in [0, 0.1) is 0 Å². The molecule has 14 heavy (non-hydrogen) atoms. The van der Waals surface area contributed by atoms with E-state index in [1.807, 2.05) is 17.8 Å². The number of pyridine rings is 1. The fourth-order valence-corrected chi connectivity index (χ4v) is 2.10. The highest BCUT2D eigenvalue weighted by Gasteiger charge is 2.04. The van der Waals surface area contributed by atoms with Crippen molar-refractivity contribution in [3.05, 3.63) is 29.6 Å². The predicted molar refractivity (Wildman–Crippen MR) is 63.2 cm³/mol. The Morgan fingerprint density at radius 3 is 3.00 bits per heavy atom. The molecule has 2 nitrogen and oxygen atoms in total. The summed E-state index contributed by atoms with van der Waals surface area (Å²) in [7, 11) is 0. The van der Waals surface area contributed by atoms with Crippen molar-refractivity contribution in [2.24, 2.45) is 5.73 Å². The molecule has 0 amide bonds. The second-order valence-electron chi connectivity index (χ2n) is 3.34. The Labute approximate surface area is 90.3 Å². The van der Waals surface area contributed by atoms with Crippen molar-refractivity contribution in [3.63, 3.8) is 0 Å². The number of thioether (sulfide) groups is 1. The van der Waals surface area contributed by atoms with Gasteiger partial charge in [-0.15, -0.1) is 0 Å². The molecule has 0 radical (unpaired) electrons. The minimum absolute atomic E-state index is 0.539. The zero-order chi connectivity index (χ0) is 10.4. The number of hydrogen-bond donors (Lipinski definition) is 1. The van der Waals surface area contributed by atoms with Crippen LogP contribution in [0.1, 0.15) is 31.5 Å². The molecule has 0 bridgehead atoms. The summed E-state index contributed by atoms with van der Waals surface area (Å²) in [5.74, 6) is 1.02. The summed E-state index contributed by atoms with van der Waals surface area (Å²) in [6.07, 6.45) is 3.02. The molecule has 0 saturated carbocycles. The molecule has 1 aromatic heterocycles. The molecule has 0 fully saturated rings. The summed E-state index contributed by atoms with van der Waals surface area (Å²) >= 11 is 1.96. The van der Waals surface area contributed by atoms with E-state index in [4.69, 9.17) is 5.73 Å². The molecule has 1 unspecified atom stereocenters. The summed E-state index contributed by atoms with van der Waals surface area (Å²) in [5.41, 5.74) is 7.93. The number of nitrogens with zero attached hydrogens (tertiary/aromatic N) is 1. The van der Waals surface area contributed by atoms with Crippen LogP contribution in [-0.4, -0.2) is 10.2 Å². The summed E-state index contributed by atoms with van der Waals surface area (Å²) in [5, 5.41) is 0.709. The van der Waals surface area contributed by atoms with Crippen molar-refractivity contribution in [1.82, 2.24) is 4.98 Å². The maximum atomic E-state index is 5.62. The van der Waals surface area contributed by atoms with Gasteiger partial charge in [-0.05, 0) is 18.1 Å². The normalized spacial score (nSPS) is 12.8. The lowest BCUT2D eigenvalue weighted by Gasteiger charge is -2.10. The van der Waals surface area contributed by atoms with Gasteiger partial charge in [-0.25, -0.2) is 0 Å². The van der Waals surface area contributed by atoms with E-state index in [2.05, 4.69) is 24.9 Å². The lowest BCUT2D eigenvalue weighted by atomic mass is 10.2. The van der Waals surface area contributed by atoms with E-state index < -0.39 is 0 Å². The van der Waals surface area contributed by atoms with Gasteiger partial charge in [0.15, 0.2) is 0 Å². The second kappa shape index (κ2) is 6.04. The van der Waals surface area contributed by atoms with Crippen molar-refractivity contribution in [2.75, 3.05) is 0 Å². The molecule has 3 heteroatoms. The summed E-state index contributed by atoms with van der Waals surface area (Å²) in [6.45, 7) is 5.01. The molecule has 1 heterocycles. The third-order valence-corrected chi connectivity index (χ3v) is 3.66. The van der Waals surface area contributed by atoms with Crippen LogP contribution in [0.25, 0.3) is 0 Å². The molecule has 2 N–H and O–H groups in total. The molecule has 0 aliphatic rings. The standard InChI is InChI=1S/C11H18N2S/c1-3-9(2)14-8-10-5-4-6-13-11(10)7-12/h4-6,9H,3,7-8,12H2,1-2H3. The fraction of sp³-hybridized carbons (Fsp3) is 0.545. The first-order valence-corrected chi connectivity index (χ1v) is 6.07. The molecule has 0 aliphatic heterocycles. The smallest absolute Gasteiger partial charge is 0.0579 e. The molecular formula is C11H18N2S. The number of nitrogens with two attached hydrogens (primary N) is 1. The van der Waals surface area contributed by atoms with Crippen LogP contribution < -0.4 is 5.73 Å². The Morgan fingerprint density at radius 2 is 2.36 bits per heavy atom. The van der Waals surface area contributed by atoms with Crippen LogP contribution in [0.4, 0.5) is 0 Å². The summed E-state index contributed by atoms with van der Waals surface area (Å²) in [6, 6.07) is 4.09. The predicted octanol–water partition coefficient (Wildman–Crippen LogP) is 2.57. The summed E-state index contributed by atoms with van der Waals surface area (Å²) < 4.78 is 0. The van der Waals surface area contributed by atoms with Gasteiger partial charge >= 0.3 is 0 Å². The molecule has 0 aromatic carbocycles. The zero-order valence-corrected chi connectivity index (χ0v) is 9.68. The first-order chi connectivity index (χ1) is 6.77. The second-order valence-corrected chi connectivity index (χ2v) is 4.77. The Balaban J connectivity index is 2.57. The van der Waals surface area contributed by atoms with Gasteiger partial charge in [0.25, 0.3) is 0 Å². The van der Waals surface area contributed by atoms with Crippen LogP contribution in [0.5, 0.6) is 0 Å². The number of aromatic nitrogens is 1. The monoisotopic (exact) mass is 210 g/mol. The SMILES string of the molecule is CCC(C)SCc1cccnc1CN. The Kier molecular flexibility index (Phi) is 4.98. The van der Waals surface area contributed by atoms with Crippen molar-refractivity contribution < 1.29 is 0 Å². The maximum Gasteiger partial charge on any atom is 0.0579 e. The van der Waals surface area contributed by atoms with Crippen LogP contribution in [0.2, 0.25) is 0 Å². The molecule has 0 aliphatic carbocycles. The lowest BCUT2D eigenvalue weighted by molar-refractivity contribution is 0.902. The van der Waals surface area contributed by atoms with Gasteiger partial charge in [0.05, 0.1) is 5.69 Å². The average molecular weight is 210 g/mol. The molecular weight excluding hydrogens is 192 g/mol. The topological polar surface area (TPSA) is 38.9 Å². The van der Waals surface area contributed by atoms with Gasteiger partial charge in [0.2, 0.25) is 0 Å². The minimum Gasteiger partial charge on any atom is -0.325 e. The molecule has 1 atom stereocenters. The average Bonchev–Trinajstić information content (AvgIpc) is 2.26. The first kappa shape index (κ1) is 11.5. The van der Waals surface area contributed by atoms with Crippen molar-refractivity contribution in [2.45, 2.75) is 37.8 Å². The van der Waals surface area contributed by atoms with E-state index in [1.165, 1.54) is 12.0 Å². The van der Waals surface area contributed by atoms with Gasteiger partial charge in [0.1, 0.15) is 0 Å². The van der Waals surface area contributed by atoms with Gasteiger partial charge in [-0.3, -0.25) is 4.98 Å². The van der Waals surface area contributed by atoms with E-state index in [0.717, 1.165) is 11.4 Å². The Hall–Kier alpha value is -0.540. The molecule has 78 valence electrons. The molecule has 0 spiro atoms. The Morgan fingerprint density at radius 1 is 1.57 bits per heavy atom.